The molecule has 2 aromatic heterocycles. The lowest BCUT2D eigenvalue weighted by atomic mass is 9.95. The Morgan fingerprint density at radius 2 is 1.97 bits per heavy atom. The smallest absolute Gasteiger partial charge is 0.328 e. The molecule has 4 rings (SSSR count). The highest BCUT2D eigenvalue weighted by Gasteiger charge is 2.31. The number of likely N-dealkylation sites (tertiary alicyclic amines) is 1. The number of carbonyl (C=O) groups is 3. The van der Waals surface area contributed by atoms with E-state index in [1.165, 1.54) is 13.4 Å². The van der Waals surface area contributed by atoms with Gasteiger partial charge < -0.3 is 24.4 Å². The van der Waals surface area contributed by atoms with Gasteiger partial charge in [-0.25, -0.2) is 4.79 Å². The molecule has 1 fully saturated rings. The minimum atomic E-state index is -0.778. The van der Waals surface area contributed by atoms with Gasteiger partial charge in [0.2, 0.25) is 5.91 Å². The van der Waals surface area contributed by atoms with Gasteiger partial charge in [0.15, 0.2) is 5.76 Å². The number of H-pyrrole nitrogens is 1. The Morgan fingerprint density at radius 1 is 1.19 bits per heavy atom. The standard InChI is InChI=1S/C23H25N3O5/c1-30-23(29)19(13-16-14-24-18-6-3-2-5-17(16)18)25-21(27)15-8-10-26(11-9-15)22(28)20-7-4-12-31-20/h2-7,12,14-15,19,24H,8-11,13H2,1H3,(H,25,27)/t19-/m1/s1. The third-order valence-electron chi connectivity index (χ3n) is 5.79. The number of benzene rings is 1. The van der Waals surface area contributed by atoms with Gasteiger partial charge in [-0.15, -0.1) is 0 Å². The van der Waals surface area contributed by atoms with Crippen LogP contribution in [-0.2, 0) is 20.7 Å². The van der Waals surface area contributed by atoms with Gasteiger partial charge in [0.1, 0.15) is 6.04 Å². The number of aromatic nitrogens is 1. The van der Waals surface area contributed by atoms with Crippen molar-refractivity contribution in [2.75, 3.05) is 20.2 Å². The van der Waals surface area contributed by atoms with E-state index in [0.29, 0.717) is 38.1 Å². The number of para-hydroxylation sites is 1. The average molecular weight is 423 g/mol. The summed E-state index contributed by atoms with van der Waals surface area (Å²) in [5.74, 6) is -0.816. The fourth-order valence-corrected chi connectivity index (χ4v) is 4.05. The van der Waals surface area contributed by atoms with Gasteiger partial charge in [-0.2, -0.15) is 0 Å². The summed E-state index contributed by atoms with van der Waals surface area (Å²) >= 11 is 0. The van der Waals surface area contributed by atoms with Gasteiger partial charge in [-0.3, -0.25) is 9.59 Å². The van der Waals surface area contributed by atoms with Crippen LogP contribution in [0, 0.1) is 5.92 Å². The second-order valence-electron chi connectivity index (χ2n) is 7.69. The first kappa shape index (κ1) is 20.7. The van der Waals surface area contributed by atoms with Crippen molar-refractivity contribution in [3.8, 4) is 0 Å². The molecule has 1 aliphatic heterocycles. The topological polar surface area (TPSA) is 105 Å². The number of methoxy groups -OCH3 is 1. The van der Waals surface area contributed by atoms with Gasteiger partial charge in [0.25, 0.3) is 5.91 Å². The first-order valence-electron chi connectivity index (χ1n) is 10.3. The molecule has 0 spiro atoms. The first-order chi connectivity index (χ1) is 15.1. The molecule has 0 saturated carbocycles. The Bertz CT molecular complexity index is 1060. The lowest BCUT2D eigenvalue weighted by Gasteiger charge is -2.31. The van der Waals surface area contributed by atoms with Crippen molar-refractivity contribution in [2.45, 2.75) is 25.3 Å². The summed E-state index contributed by atoms with van der Waals surface area (Å²) in [4.78, 5) is 42.5. The Hall–Kier alpha value is -3.55. The zero-order valence-corrected chi connectivity index (χ0v) is 17.3. The molecule has 1 atom stereocenters. The molecule has 3 aromatic rings. The Morgan fingerprint density at radius 3 is 2.68 bits per heavy atom. The van der Waals surface area contributed by atoms with Crippen LogP contribution in [0.25, 0.3) is 10.9 Å². The average Bonchev–Trinajstić information content (AvgIpc) is 3.48. The number of nitrogens with zero attached hydrogens (tertiary/aromatic N) is 1. The lowest BCUT2D eigenvalue weighted by Crippen LogP contribution is -2.48. The number of furan rings is 1. The molecule has 1 saturated heterocycles. The third-order valence-corrected chi connectivity index (χ3v) is 5.79. The maximum atomic E-state index is 12.9. The van der Waals surface area contributed by atoms with E-state index < -0.39 is 12.0 Å². The van der Waals surface area contributed by atoms with Crippen LogP contribution in [0.15, 0.2) is 53.3 Å². The van der Waals surface area contributed by atoms with E-state index in [2.05, 4.69) is 10.3 Å². The van der Waals surface area contributed by atoms with Gasteiger partial charge in [0.05, 0.1) is 13.4 Å². The maximum absolute atomic E-state index is 12.9. The summed E-state index contributed by atoms with van der Waals surface area (Å²) in [6.07, 6.45) is 4.70. The molecule has 0 bridgehead atoms. The van der Waals surface area contributed by atoms with Crippen LogP contribution in [0.1, 0.15) is 29.0 Å². The molecule has 0 unspecified atom stereocenters. The predicted octanol–water partition coefficient (Wildman–Crippen LogP) is 2.51. The van der Waals surface area contributed by atoms with Crippen LogP contribution in [0.2, 0.25) is 0 Å². The highest BCUT2D eigenvalue weighted by atomic mass is 16.5. The fraction of sp³-hybridized carbons (Fsp3) is 0.348. The molecule has 1 aliphatic rings. The summed E-state index contributed by atoms with van der Waals surface area (Å²) in [5.41, 5.74) is 1.91. The van der Waals surface area contributed by atoms with Gasteiger partial charge in [-0.05, 0) is 36.6 Å². The van der Waals surface area contributed by atoms with Crippen LogP contribution < -0.4 is 5.32 Å². The van der Waals surface area contributed by atoms with Crippen molar-refractivity contribution in [1.82, 2.24) is 15.2 Å². The number of aromatic amines is 1. The maximum Gasteiger partial charge on any atom is 0.328 e. The van der Waals surface area contributed by atoms with Crippen molar-refractivity contribution in [3.05, 3.63) is 60.2 Å². The van der Waals surface area contributed by atoms with Crippen molar-refractivity contribution in [2.24, 2.45) is 5.92 Å². The largest absolute Gasteiger partial charge is 0.467 e. The molecule has 31 heavy (non-hydrogen) atoms. The summed E-state index contributed by atoms with van der Waals surface area (Å²) in [6, 6.07) is 10.3. The van der Waals surface area contributed by atoms with E-state index >= 15 is 0 Å². The molecule has 3 heterocycles. The van der Waals surface area contributed by atoms with E-state index in [4.69, 9.17) is 9.15 Å². The number of carbonyl (C=O) groups excluding carboxylic acids is 3. The summed E-state index contributed by atoms with van der Waals surface area (Å²) < 4.78 is 10.1. The predicted molar refractivity (Wildman–Crippen MR) is 113 cm³/mol. The minimum absolute atomic E-state index is 0.171. The van der Waals surface area contributed by atoms with Gasteiger partial charge in [-0.1, -0.05) is 18.2 Å². The van der Waals surface area contributed by atoms with Crippen molar-refractivity contribution in [1.29, 1.82) is 0 Å². The Labute approximate surface area is 179 Å². The van der Waals surface area contributed by atoms with Crippen molar-refractivity contribution >= 4 is 28.7 Å². The van der Waals surface area contributed by atoms with E-state index in [-0.39, 0.29) is 17.7 Å². The van der Waals surface area contributed by atoms with E-state index in [0.717, 1.165) is 16.5 Å². The number of esters is 1. The number of fused-ring (bicyclic) bond motifs is 1. The van der Waals surface area contributed by atoms with Crippen LogP contribution in [0.4, 0.5) is 0 Å². The molecular weight excluding hydrogens is 398 g/mol. The zero-order valence-electron chi connectivity index (χ0n) is 17.3. The van der Waals surface area contributed by atoms with Crippen molar-refractivity contribution in [3.63, 3.8) is 0 Å². The molecule has 8 nitrogen and oxygen atoms in total. The monoisotopic (exact) mass is 423 g/mol. The van der Waals surface area contributed by atoms with E-state index in [9.17, 15) is 14.4 Å². The SMILES string of the molecule is COC(=O)[C@@H](Cc1c[nH]c2ccccc12)NC(=O)C1CCN(C(=O)c2ccco2)CC1. The number of ether oxygens (including phenoxy) is 1. The fourth-order valence-electron chi connectivity index (χ4n) is 4.05. The van der Waals surface area contributed by atoms with Crippen LogP contribution in [-0.4, -0.2) is 53.9 Å². The molecule has 2 N–H and O–H groups in total. The van der Waals surface area contributed by atoms with E-state index in [1.807, 2.05) is 30.5 Å². The second-order valence-corrected chi connectivity index (χ2v) is 7.69. The summed E-state index contributed by atoms with van der Waals surface area (Å²) in [5, 5.41) is 3.87. The van der Waals surface area contributed by atoms with E-state index in [1.54, 1.807) is 17.0 Å². The quantitative estimate of drug-likeness (QED) is 0.593. The molecule has 1 aromatic carbocycles. The zero-order chi connectivity index (χ0) is 21.8. The number of hydrogen-bond donors (Lipinski definition) is 2. The van der Waals surface area contributed by atoms with Crippen LogP contribution >= 0.6 is 0 Å². The van der Waals surface area contributed by atoms with Crippen molar-refractivity contribution < 1.29 is 23.5 Å². The Kier molecular flexibility index (Phi) is 6.06. The second kappa shape index (κ2) is 9.07. The molecular formula is C23H25N3O5. The third kappa shape index (κ3) is 4.47. The number of hydrogen-bond acceptors (Lipinski definition) is 5. The van der Waals surface area contributed by atoms with Gasteiger partial charge >= 0.3 is 5.97 Å². The lowest BCUT2D eigenvalue weighted by molar-refractivity contribution is -0.145. The highest BCUT2D eigenvalue weighted by Crippen LogP contribution is 2.22. The summed E-state index contributed by atoms with van der Waals surface area (Å²) in [6.45, 7) is 0.923. The first-order valence-corrected chi connectivity index (χ1v) is 10.3. The molecule has 0 aliphatic carbocycles. The van der Waals surface area contributed by atoms with Gasteiger partial charge in [0, 0.05) is 42.5 Å². The molecule has 2 amide bonds. The Balaban J connectivity index is 1.38. The molecule has 162 valence electrons. The number of nitrogens with one attached hydrogen (secondary N) is 2. The molecule has 0 radical (unpaired) electrons. The molecule has 8 heteroatoms. The van der Waals surface area contributed by atoms with Crippen LogP contribution in [0.3, 0.4) is 0 Å². The number of piperidine rings is 1. The summed E-state index contributed by atoms with van der Waals surface area (Å²) in [7, 11) is 1.31. The number of amides is 2. The van der Waals surface area contributed by atoms with Crippen LogP contribution in [0.5, 0.6) is 0 Å². The minimum Gasteiger partial charge on any atom is -0.467 e. The normalized spacial score (nSPS) is 15.6. The highest BCUT2D eigenvalue weighted by molar-refractivity contribution is 5.92. The number of rotatable bonds is 6.